The number of hydrogen-bond donors (Lipinski definition) is 3. The minimum atomic E-state index is -0.166. The Labute approximate surface area is 130 Å². The maximum Gasteiger partial charge on any atom is 0.224 e. The molecule has 0 spiro atoms. The van der Waals surface area contributed by atoms with Crippen molar-refractivity contribution in [1.82, 2.24) is 5.32 Å². The van der Waals surface area contributed by atoms with E-state index < -0.39 is 0 Å². The first-order chi connectivity index (χ1) is 10.6. The summed E-state index contributed by atoms with van der Waals surface area (Å²) in [5.74, 6) is 0.818. The van der Waals surface area contributed by atoms with Gasteiger partial charge in [-0.1, -0.05) is 0 Å². The molecule has 0 aromatic heterocycles. The molecule has 0 atom stereocenters. The van der Waals surface area contributed by atoms with Gasteiger partial charge >= 0.3 is 0 Å². The first kappa shape index (κ1) is 16.3. The van der Waals surface area contributed by atoms with Gasteiger partial charge in [-0.25, -0.2) is 0 Å². The molecule has 22 heavy (non-hydrogen) atoms. The fourth-order valence-electron chi connectivity index (χ4n) is 2.62. The molecule has 0 saturated carbocycles. The van der Waals surface area contributed by atoms with Crippen molar-refractivity contribution in [1.29, 1.82) is 0 Å². The van der Waals surface area contributed by atoms with E-state index in [1.54, 1.807) is 18.2 Å². The molecule has 0 unspecified atom stereocenters. The Kier molecular flexibility index (Phi) is 5.77. The van der Waals surface area contributed by atoms with Crippen molar-refractivity contribution >= 4 is 23.2 Å². The van der Waals surface area contributed by atoms with Crippen LogP contribution in [0.15, 0.2) is 18.2 Å². The second-order valence-corrected chi connectivity index (χ2v) is 5.54. The number of amides is 2. The quantitative estimate of drug-likeness (QED) is 0.777. The van der Waals surface area contributed by atoms with Crippen LogP contribution in [-0.2, 0) is 9.59 Å². The first-order valence-corrected chi connectivity index (χ1v) is 7.54. The Balaban J connectivity index is 1.96. The van der Waals surface area contributed by atoms with E-state index in [9.17, 15) is 9.59 Å². The van der Waals surface area contributed by atoms with Crippen LogP contribution in [0.25, 0.3) is 0 Å². The number of nitrogens with one attached hydrogen (secondary N) is 3. The number of ether oxygens (including phenoxy) is 1. The van der Waals surface area contributed by atoms with Crippen LogP contribution in [0.3, 0.4) is 0 Å². The highest BCUT2D eigenvalue weighted by molar-refractivity contribution is 5.93. The molecule has 120 valence electrons. The SMILES string of the molecule is COc1cc(NC(=O)CC2CCNCC2)ccc1NC(C)=O. The van der Waals surface area contributed by atoms with Crippen LogP contribution in [-0.4, -0.2) is 32.0 Å². The molecule has 0 bridgehead atoms. The number of rotatable bonds is 5. The van der Waals surface area contributed by atoms with E-state index in [1.807, 2.05) is 0 Å². The van der Waals surface area contributed by atoms with E-state index in [0.29, 0.717) is 29.5 Å². The summed E-state index contributed by atoms with van der Waals surface area (Å²) in [5.41, 5.74) is 1.26. The standard InChI is InChI=1S/C16H23N3O3/c1-11(20)18-14-4-3-13(10-15(14)22-2)19-16(21)9-12-5-7-17-8-6-12/h3-4,10,12,17H,5-9H2,1-2H3,(H,18,20)(H,19,21). The molecule has 6 nitrogen and oxygen atoms in total. The second-order valence-electron chi connectivity index (χ2n) is 5.54. The molecule has 1 aliphatic heterocycles. The third kappa shape index (κ3) is 4.73. The van der Waals surface area contributed by atoms with Crippen LogP contribution in [0.1, 0.15) is 26.2 Å². The third-order valence-electron chi connectivity index (χ3n) is 3.73. The van der Waals surface area contributed by atoms with Crippen molar-refractivity contribution in [3.63, 3.8) is 0 Å². The van der Waals surface area contributed by atoms with E-state index >= 15 is 0 Å². The molecular weight excluding hydrogens is 282 g/mol. The Hall–Kier alpha value is -2.08. The molecule has 1 aromatic carbocycles. The number of methoxy groups -OCH3 is 1. The van der Waals surface area contributed by atoms with Crippen LogP contribution in [0.4, 0.5) is 11.4 Å². The minimum absolute atomic E-state index is 0.0150. The molecule has 1 aliphatic rings. The van der Waals surface area contributed by atoms with Gasteiger partial charge in [0.15, 0.2) is 0 Å². The zero-order chi connectivity index (χ0) is 15.9. The molecule has 1 fully saturated rings. The van der Waals surface area contributed by atoms with Gasteiger partial charge in [-0.15, -0.1) is 0 Å². The van der Waals surface area contributed by atoms with E-state index in [-0.39, 0.29) is 11.8 Å². The maximum absolute atomic E-state index is 12.1. The minimum Gasteiger partial charge on any atom is -0.494 e. The van der Waals surface area contributed by atoms with Crippen LogP contribution in [0.2, 0.25) is 0 Å². The van der Waals surface area contributed by atoms with Crippen molar-refractivity contribution in [2.75, 3.05) is 30.8 Å². The van der Waals surface area contributed by atoms with Gasteiger partial charge in [0.05, 0.1) is 12.8 Å². The highest BCUT2D eigenvalue weighted by Gasteiger charge is 2.17. The predicted molar refractivity (Wildman–Crippen MR) is 86.1 cm³/mol. The molecule has 2 amide bonds. The maximum atomic E-state index is 12.1. The van der Waals surface area contributed by atoms with Crippen LogP contribution in [0, 0.1) is 5.92 Å². The molecule has 1 heterocycles. The van der Waals surface area contributed by atoms with Crippen LogP contribution < -0.4 is 20.7 Å². The van der Waals surface area contributed by atoms with Crippen LogP contribution in [0.5, 0.6) is 5.75 Å². The summed E-state index contributed by atoms with van der Waals surface area (Å²) in [7, 11) is 1.53. The van der Waals surface area contributed by atoms with E-state index in [2.05, 4.69) is 16.0 Å². The summed E-state index contributed by atoms with van der Waals surface area (Å²) in [6.07, 6.45) is 2.62. The largest absolute Gasteiger partial charge is 0.494 e. The predicted octanol–water partition coefficient (Wildman–Crippen LogP) is 1.98. The lowest BCUT2D eigenvalue weighted by Crippen LogP contribution is -2.30. The summed E-state index contributed by atoms with van der Waals surface area (Å²) in [6, 6.07) is 5.19. The molecule has 6 heteroatoms. The van der Waals surface area contributed by atoms with Gasteiger partial charge in [-0.3, -0.25) is 9.59 Å². The van der Waals surface area contributed by atoms with Crippen molar-refractivity contribution < 1.29 is 14.3 Å². The molecule has 0 radical (unpaired) electrons. The lowest BCUT2D eigenvalue weighted by atomic mass is 9.94. The number of anilines is 2. The Morgan fingerprint density at radius 3 is 2.64 bits per heavy atom. The molecule has 1 aromatic rings. The highest BCUT2D eigenvalue weighted by Crippen LogP contribution is 2.28. The van der Waals surface area contributed by atoms with Crippen molar-refractivity contribution in [2.24, 2.45) is 5.92 Å². The number of carbonyl (C=O) groups is 2. The van der Waals surface area contributed by atoms with Gasteiger partial charge in [-0.2, -0.15) is 0 Å². The average Bonchev–Trinajstić information content (AvgIpc) is 2.49. The molecule has 1 saturated heterocycles. The number of piperidine rings is 1. The van der Waals surface area contributed by atoms with Crippen LogP contribution >= 0.6 is 0 Å². The van der Waals surface area contributed by atoms with Crippen molar-refractivity contribution in [3.05, 3.63) is 18.2 Å². The second kappa shape index (κ2) is 7.79. The third-order valence-corrected chi connectivity index (χ3v) is 3.73. The highest BCUT2D eigenvalue weighted by atomic mass is 16.5. The first-order valence-electron chi connectivity index (χ1n) is 7.54. The average molecular weight is 305 g/mol. The van der Waals surface area contributed by atoms with E-state index in [1.165, 1.54) is 14.0 Å². The fourth-order valence-corrected chi connectivity index (χ4v) is 2.62. The molecule has 0 aliphatic carbocycles. The van der Waals surface area contributed by atoms with E-state index in [4.69, 9.17) is 4.74 Å². The summed E-state index contributed by atoms with van der Waals surface area (Å²) < 4.78 is 5.24. The van der Waals surface area contributed by atoms with Crippen molar-refractivity contribution in [3.8, 4) is 5.75 Å². The molecular formula is C16H23N3O3. The molecule has 3 N–H and O–H groups in total. The number of carbonyl (C=O) groups excluding carboxylic acids is 2. The van der Waals surface area contributed by atoms with Gasteiger partial charge in [0, 0.05) is 25.1 Å². The summed E-state index contributed by atoms with van der Waals surface area (Å²) in [5, 5.41) is 8.87. The monoisotopic (exact) mass is 305 g/mol. The lowest BCUT2D eigenvalue weighted by Gasteiger charge is -2.22. The Bertz CT molecular complexity index is 539. The Morgan fingerprint density at radius 2 is 2.00 bits per heavy atom. The summed E-state index contributed by atoms with van der Waals surface area (Å²) in [4.78, 5) is 23.2. The topological polar surface area (TPSA) is 79.5 Å². The molecule has 2 rings (SSSR count). The smallest absolute Gasteiger partial charge is 0.224 e. The van der Waals surface area contributed by atoms with Gasteiger partial charge < -0.3 is 20.7 Å². The Morgan fingerprint density at radius 1 is 1.27 bits per heavy atom. The number of hydrogen-bond acceptors (Lipinski definition) is 4. The normalized spacial score (nSPS) is 15.2. The van der Waals surface area contributed by atoms with Gasteiger partial charge in [0.25, 0.3) is 0 Å². The van der Waals surface area contributed by atoms with Gasteiger partial charge in [0.2, 0.25) is 11.8 Å². The van der Waals surface area contributed by atoms with Gasteiger partial charge in [-0.05, 0) is 44.0 Å². The number of benzene rings is 1. The summed E-state index contributed by atoms with van der Waals surface area (Å²) >= 11 is 0. The zero-order valence-corrected chi connectivity index (χ0v) is 13.1. The summed E-state index contributed by atoms with van der Waals surface area (Å²) in [6.45, 7) is 3.41. The van der Waals surface area contributed by atoms with Gasteiger partial charge in [0.1, 0.15) is 5.75 Å². The lowest BCUT2D eigenvalue weighted by molar-refractivity contribution is -0.117. The van der Waals surface area contributed by atoms with Crippen molar-refractivity contribution in [2.45, 2.75) is 26.2 Å². The fraction of sp³-hybridized carbons (Fsp3) is 0.500. The van der Waals surface area contributed by atoms with E-state index in [0.717, 1.165) is 25.9 Å². The zero-order valence-electron chi connectivity index (χ0n) is 13.1.